The van der Waals surface area contributed by atoms with E-state index in [2.05, 4.69) is 5.32 Å². The molecule has 0 spiro atoms. The second-order valence-electron chi connectivity index (χ2n) is 3.23. The maximum atomic E-state index is 11.4. The molecule has 0 fully saturated rings. The summed E-state index contributed by atoms with van der Waals surface area (Å²) in [6, 6.07) is 6.85. The Labute approximate surface area is 82.1 Å². The van der Waals surface area contributed by atoms with Gasteiger partial charge in [-0.1, -0.05) is 12.1 Å². The van der Waals surface area contributed by atoms with Gasteiger partial charge in [-0.2, -0.15) is 0 Å². The van der Waals surface area contributed by atoms with Gasteiger partial charge in [0.25, 0.3) is 0 Å². The predicted molar refractivity (Wildman–Crippen MR) is 53.2 cm³/mol. The van der Waals surface area contributed by atoms with E-state index in [9.17, 15) is 4.79 Å². The van der Waals surface area contributed by atoms with Crippen molar-refractivity contribution in [3.05, 3.63) is 24.3 Å². The first-order valence-corrected chi connectivity index (χ1v) is 4.55. The summed E-state index contributed by atoms with van der Waals surface area (Å²) in [6.07, 6.45) is 0.542. The van der Waals surface area contributed by atoms with Crippen LogP contribution in [0.5, 0.6) is 5.75 Å². The van der Waals surface area contributed by atoms with Crippen molar-refractivity contribution in [3.8, 4) is 5.75 Å². The molecular weight excluding hydrogens is 180 g/mol. The van der Waals surface area contributed by atoms with Gasteiger partial charge in [-0.3, -0.25) is 4.79 Å². The van der Waals surface area contributed by atoms with Crippen LogP contribution < -0.4 is 15.8 Å². The smallest absolute Gasteiger partial charge is 0.241 e. The third kappa shape index (κ3) is 1.70. The van der Waals surface area contributed by atoms with Crippen molar-refractivity contribution in [2.75, 3.05) is 11.9 Å². The number of nitrogens with one attached hydrogen (secondary N) is 1. The monoisotopic (exact) mass is 192 g/mol. The molecular formula is C10H12N2O2. The molecule has 4 heteroatoms. The molecule has 0 saturated heterocycles. The number of nitrogens with two attached hydrogens (primary N) is 1. The van der Waals surface area contributed by atoms with E-state index in [-0.39, 0.29) is 5.91 Å². The largest absolute Gasteiger partial charge is 0.491 e. The molecule has 1 aromatic rings. The van der Waals surface area contributed by atoms with Gasteiger partial charge in [-0.05, 0) is 12.1 Å². The zero-order valence-electron chi connectivity index (χ0n) is 7.69. The second-order valence-corrected chi connectivity index (χ2v) is 3.23. The first kappa shape index (κ1) is 9.02. The van der Waals surface area contributed by atoms with E-state index in [0.29, 0.717) is 24.5 Å². The second kappa shape index (κ2) is 3.67. The van der Waals surface area contributed by atoms with Crippen molar-refractivity contribution in [2.45, 2.75) is 12.5 Å². The molecule has 1 atom stereocenters. The highest BCUT2D eigenvalue weighted by Gasteiger charge is 2.18. The topological polar surface area (TPSA) is 64.3 Å². The zero-order chi connectivity index (χ0) is 9.97. The number of rotatable bonds is 0. The number of amides is 1. The number of hydrogen-bond donors (Lipinski definition) is 2. The van der Waals surface area contributed by atoms with Crippen LogP contribution >= 0.6 is 0 Å². The Kier molecular flexibility index (Phi) is 2.37. The fourth-order valence-electron chi connectivity index (χ4n) is 1.35. The molecule has 0 aromatic heterocycles. The van der Waals surface area contributed by atoms with Crippen molar-refractivity contribution in [1.29, 1.82) is 0 Å². The zero-order valence-corrected chi connectivity index (χ0v) is 7.69. The molecule has 1 unspecified atom stereocenters. The Bertz CT molecular complexity index is 352. The summed E-state index contributed by atoms with van der Waals surface area (Å²) in [5, 5.41) is 2.72. The Hall–Kier alpha value is -1.55. The van der Waals surface area contributed by atoms with Gasteiger partial charge in [0.05, 0.1) is 18.3 Å². The molecule has 1 heterocycles. The highest BCUT2D eigenvalue weighted by Crippen LogP contribution is 2.25. The number of ether oxygens (including phenoxy) is 1. The van der Waals surface area contributed by atoms with Gasteiger partial charge in [0.1, 0.15) is 5.75 Å². The number of carbonyl (C=O) groups excluding carboxylic acids is 1. The summed E-state index contributed by atoms with van der Waals surface area (Å²) >= 11 is 0. The first-order chi connectivity index (χ1) is 6.77. The van der Waals surface area contributed by atoms with Crippen LogP contribution in [0, 0.1) is 0 Å². The Morgan fingerprint density at radius 2 is 2.21 bits per heavy atom. The fraction of sp³-hybridized carbons (Fsp3) is 0.300. The predicted octanol–water partition coefficient (Wildman–Crippen LogP) is 0.735. The number of hydrogen-bond acceptors (Lipinski definition) is 3. The van der Waals surface area contributed by atoms with E-state index in [1.54, 1.807) is 6.07 Å². The van der Waals surface area contributed by atoms with Gasteiger partial charge >= 0.3 is 0 Å². The van der Waals surface area contributed by atoms with Crippen LogP contribution in [-0.2, 0) is 4.79 Å². The van der Waals surface area contributed by atoms with Crippen LogP contribution in [0.25, 0.3) is 0 Å². The van der Waals surface area contributed by atoms with E-state index in [4.69, 9.17) is 10.5 Å². The summed E-state index contributed by atoms with van der Waals surface area (Å²) < 4.78 is 5.45. The lowest BCUT2D eigenvalue weighted by molar-refractivity contribution is -0.117. The fourth-order valence-corrected chi connectivity index (χ4v) is 1.35. The van der Waals surface area contributed by atoms with Crippen molar-refractivity contribution < 1.29 is 9.53 Å². The summed E-state index contributed by atoms with van der Waals surface area (Å²) in [6.45, 7) is 0.478. The molecule has 14 heavy (non-hydrogen) atoms. The van der Waals surface area contributed by atoms with Crippen LogP contribution in [0.4, 0.5) is 5.69 Å². The van der Waals surface area contributed by atoms with Crippen LogP contribution in [0.3, 0.4) is 0 Å². The maximum Gasteiger partial charge on any atom is 0.241 e. The van der Waals surface area contributed by atoms with E-state index in [0.717, 1.165) is 0 Å². The lowest BCUT2D eigenvalue weighted by atomic mass is 10.2. The first-order valence-electron chi connectivity index (χ1n) is 4.55. The van der Waals surface area contributed by atoms with Gasteiger partial charge < -0.3 is 15.8 Å². The van der Waals surface area contributed by atoms with Gasteiger partial charge in [-0.25, -0.2) is 0 Å². The molecule has 3 N–H and O–H groups in total. The Morgan fingerprint density at radius 3 is 3.07 bits per heavy atom. The highest BCUT2D eigenvalue weighted by molar-refractivity contribution is 5.96. The molecule has 0 radical (unpaired) electrons. The van der Waals surface area contributed by atoms with E-state index >= 15 is 0 Å². The Morgan fingerprint density at radius 1 is 1.43 bits per heavy atom. The lowest BCUT2D eigenvalue weighted by Crippen LogP contribution is -2.38. The van der Waals surface area contributed by atoms with Crippen molar-refractivity contribution in [1.82, 2.24) is 0 Å². The number of fused-ring (bicyclic) bond motifs is 1. The van der Waals surface area contributed by atoms with Crippen LogP contribution in [0.15, 0.2) is 24.3 Å². The minimum absolute atomic E-state index is 0.152. The summed E-state index contributed by atoms with van der Waals surface area (Å²) in [5.41, 5.74) is 6.30. The summed E-state index contributed by atoms with van der Waals surface area (Å²) in [4.78, 5) is 11.4. The van der Waals surface area contributed by atoms with Gasteiger partial charge in [0.15, 0.2) is 0 Å². The third-order valence-corrected chi connectivity index (χ3v) is 2.17. The standard InChI is InChI=1S/C10H12N2O2/c11-7-5-6-14-9-4-2-1-3-8(9)12-10(7)13/h1-4,7H,5-6,11H2,(H,12,13). The highest BCUT2D eigenvalue weighted by atomic mass is 16.5. The quantitative estimate of drug-likeness (QED) is 0.637. The van der Waals surface area contributed by atoms with Gasteiger partial charge in [0.2, 0.25) is 5.91 Å². The SMILES string of the molecule is NC1CCOc2ccccc2NC1=O. The molecule has 0 aliphatic carbocycles. The molecule has 4 nitrogen and oxygen atoms in total. The number of benzene rings is 1. The average molecular weight is 192 g/mol. The molecule has 0 saturated carbocycles. The molecule has 1 aliphatic heterocycles. The number of carbonyl (C=O) groups is 1. The molecule has 1 aliphatic rings. The minimum atomic E-state index is -0.483. The van der Waals surface area contributed by atoms with Crippen LogP contribution in [-0.4, -0.2) is 18.6 Å². The third-order valence-electron chi connectivity index (χ3n) is 2.17. The normalized spacial score (nSPS) is 21.2. The van der Waals surface area contributed by atoms with E-state index in [1.807, 2.05) is 18.2 Å². The summed E-state index contributed by atoms with van der Waals surface area (Å²) in [7, 11) is 0. The van der Waals surface area contributed by atoms with E-state index < -0.39 is 6.04 Å². The van der Waals surface area contributed by atoms with Crippen LogP contribution in [0.1, 0.15) is 6.42 Å². The summed E-state index contributed by atoms with van der Waals surface area (Å²) in [5.74, 6) is 0.550. The molecule has 2 rings (SSSR count). The number of para-hydroxylation sites is 2. The lowest BCUT2D eigenvalue weighted by Gasteiger charge is -2.19. The molecule has 1 aromatic carbocycles. The molecule has 0 bridgehead atoms. The van der Waals surface area contributed by atoms with Gasteiger partial charge in [-0.15, -0.1) is 0 Å². The maximum absolute atomic E-state index is 11.4. The van der Waals surface area contributed by atoms with Crippen molar-refractivity contribution >= 4 is 11.6 Å². The number of anilines is 1. The van der Waals surface area contributed by atoms with E-state index in [1.165, 1.54) is 0 Å². The van der Waals surface area contributed by atoms with Crippen molar-refractivity contribution in [2.24, 2.45) is 5.73 Å². The van der Waals surface area contributed by atoms with Gasteiger partial charge in [0, 0.05) is 6.42 Å². The Balaban J connectivity index is 2.29. The molecule has 74 valence electrons. The minimum Gasteiger partial charge on any atom is -0.491 e. The average Bonchev–Trinajstić information content (AvgIpc) is 2.18. The van der Waals surface area contributed by atoms with Crippen LogP contribution in [0.2, 0.25) is 0 Å². The van der Waals surface area contributed by atoms with Crippen molar-refractivity contribution in [3.63, 3.8) is 0 Å². The molecule has 1 amide bonds.